The molecule has 0 atom stereocenters. The van der Waals surface area contributed by atoms with Crippen LogP contribution in [0.1, 0.15) is 279 Å². The smallest absolute Gasteiger partial charge is 0.0215 e. The Hall–Kier alpha value is -5.20. The summed E-state index contributed by atoms with van der Waals surface area (Å²) in [6.45, 7) is 17.9. The van der Waals surface area contributed by atoms with E-state index in [9.17, 15) is 0 Å². The first kappa shape index (κ1) is 60.4. The molecule has 0 amide bonds. The van der Waals surface area contributed by atoms with Crippen molar-refractivity contribution in [2.45, 2.75) is 262 Å². The highest BCUT2D eigenvalue weighted by atomic mass is 14.5. The third-order valence-electron chi connectivity index (χ3n) is 20.4. The van der Waals surface area contributed by atoms with Crippen LogP contribution in [-0.4, -0.2) is 0 Å². The molecule has 9 rings (SSSR count). The number of benzene rings is 6. The minimum absolute atomic E-state index is 0.0580. The van der Waals surface area contributed by atoms with Crippen LogP contribution in [0.2, 0.25) is 0 Å². The molecule has 0 bridgehead atoms. The summed E-state index contributed by atoms with van der Waals surface area (Å²) >= 11 is 0. The molecule has 0 aromatic heterocycles. The minimum Gasteiger partial charge on any atom is -0.103 e. The van der Waals surface area contributed by atoms with Gasteiger partial charge in [-0.25, -0.2) is 0 Å². The van der Waals surface area contributed by atoms with Gasteiger partial charge in [0, 0.05) is 16.2 Å². The number of hydrogen-bond acceptors (Lipinski definition) is 0. The van der Waals surface area contributed by atoms with Gasteiger partial charge in [-0.2, -0.15) is 0 Å². The third kappa shape index (κ3) is 13.3. The lowest BCUT2D eigenvalue weighted by Crippen LogP contribution is -2.26. The molecule has 6 aromatic carbocycles. The maximum absolute atomic E-state index is 4.26. The van der Waals surface area contributed by atoms with Crippen molar-refractivity contribution in [1.82, 2.24) is 0 Å². The van der Waals surface area contributed by atoms with Gasteiger partial charge >= 0.3 is 0 Å². The molecule has 0 radical (unpaired) electrons. The van der Waals surface area contributed by atoms with Crippen LogP contribution in [0.15, 0.2) is 147 Å². The molecule has 0 heteroatoms. The Balaban J connectivity index is 1.11. The second-order valence-electron chi connectivity index (χ2n) is 25.8. The molecular weight excluding hydrogens is 973 g/mol. The van der Waals surface area contributed by atoms with E-state index in [1.54, 1.807) is 22.3 Å². The van der Waals surface area contributed by atoms with E-state index in [2.05, 4.69) is 174 Å². The van der Waals surface area contributed by atoms with Gasteiger partial charge in [-0.15, -0.1) is 13.2 Å². The summed E-state index contributed by atoms with van der Waals surface area (Å²) in [5.41, 5.74) is 23.8. The molecule has 0 spiro atoms. The highest BCUT2D eigenvalue weighted by Crippen LogP contribution is 2.59. The highest BCUT2D eigenvalue weighted by Gasteiger charge is 2.46. The predicted octanol–water partition coefficient (Wildman–Crippen LogP) is 25.5. The Morgan fingerprint density at radius 1 is 0.259 bits per heavy atom. The second-order valence-corrected chi connectivity index (χ2v) is 25.8. The average Bonchev–Trinajstić information content (AvgIpc) is 4.12. The molecule has 0 unspecified atom stereocenters. The molecular formula is C81H106. The Labute approximate surface area is 495 Å². The molecule has 0 saturated carbocycles. The summed E-state index contributed by atoms with van der Waals surface area (Å²) < 4.78 is 0. The van der Waals surface area contributed by atoms with Gasteiger partial charge < -0.3 is 0 Å². The Bertz CT molecular complexity index is 2720. The zero-order chi connectivity index (χ0) is 56.3. The molecule has 3 aliphatic carbocycles. The van der Waals surface area contributed by atoms with Crippen molar-refractivity contribution in [1.29, 1.82) is 0 Å². The van der Waals surface area contributed by atoms with Crippen molar-refractivity contribution in [3.8, 4) is 55.6 Å². The van der Waals surface area contributed by atoms with E-state index in [1.807, 2.05) is 0 Å². The van der Waals surface area contributed by atoms with Crippen LogP contribution >= 0.6 is 0 Å². The van der Waals surface area contributed by atoms with Gasteiger partial charge in [-0.05, 0) is 177 Å². The fraction of sp³-hybridized carbons (Fsp3) is 0.506. The Kier molecular flexibility index (Phi) is 22.3. The van der Waals surface area contributed by atoms with Crippen molar-refractivity contribution in [3.63, 3.8) is 0 Å². The lowest BCUT2D eigenvalue weighted by Gasteiger charge is -2.34. The molecule has 0 saturated heterocycles. The van der Waals surface area contributed by atoms with Crippen LogP contribution in [0.4, 0.5) is 0 Å². The zero-order valence-corrected chi connectivity index (χ0v) is 51.7. The fourth-order valence-corrected chi connectivity index (χ4v) is 16.0. The van der Waals surface area contributed by atoms with Gasteiger partial charge in [0.15, 0.2) is 0 Å². The van der Waals surface area contributed by atoms with Gasteiger partial charge in [-0.1, -0.05) is 291 Å². The van der Waals surface area contributed by atoms with Crippen molar-refractivity contribution in [2.24, 2.45) is 0 Å². The van der Waals surface area contributed by atoms with Gasteiger partial charge in [0.05, 0.1) is 0 Å². The number of hydrogen-bond donors (Lipinski definition) is 0. The first-order chi connectivity index (χ1) is 39.9. The zero-order valence-electron chi connectivity index (χ0n) is 51.7. The summed E-state index contributed by atoms with van der Waals surface area (Å²) in [6, 6.07) is 49.9. The van der Waals surface area contributed by atoms with Crippen molar-refractivity contribution >= 4 is 0 Å². The highest BCUT2D eigenvalue weighted by molar-refractivity contribution is 5.89. The molecule has 0 heterocycles. The maximum atomic E-state index is 4.26. The minimum atomic E-state index is -0.110. The number of fused-ring (bicyclic) bond motifs is 9. The van der Waals surface area contributed by atoms with Crippen LogP contribution in [0.3, 0.4) is 0 Å². The SMILES string of the molecule is C=CCCCC1(CCCC=C)c2cc(-c3ccc4c(c3)C(CCCCCCCC)(CCCCCCCC)c3ccccc3-4)ccc2-c2ccc(-c3ccc4c(c3)C(CCCCCCCC)(CCCCCCCC)c3ccccc3-4)cc21. The van der Waals surface area contributed by atoms with Crippen molar-refractivity contribution < 1.29 is 0 Å². The maximum Gasteiger partial charge on any atom is 0.0215 e. The molecule has 81 heavy (non-hydrogen) atoms. The molecule has 3 aliphatic rings. The van der Waals surface area contributed by atoms with Crippen molar-refractivity contribution in [3.05, 3.63) is 180 Å². The van der Waals surface area contributed by atoms with E-state index >= 15 is 0 Å². The molecule has 6 aromatic rings. The number of unbranched alkanes of at least 4 members (excludes halogenated alkanes) is 22. The van der Waals surface area contributed by atoms with Gasteiger partial charge in [-0.3, -0.25) is 0 Å². The van der Waals surface area contributed by atoms with E-state index in [0.717, 1.165) is 38.5 Å². The lowest BCUT2D eigenvalue weighted by molar-refractivity contribution is 0.398. The molecule has 0 fully saturated rings. The summed E-state index contributed by atoms with van der Waals surface area (Å²) in [4.78, 5) is 0. The van der Waals surface area contributed by atoms with E-state index < -0.39 is 0 Å². The van der Waals surface area contributed by atoms with E-state index in [1.165, 1.54) is 247 Å². The Morgan fingerprint density at radius 2 is 0.494 bits per heavy atom. The summed E-state index contributed by atoms with van der Waals surface area (Å²) in [7, 11) is 0. The van der Waals surface area contributed by atoms with Gasteiger partial charge in [0.25, 0.3) is 0 Å². The van der Waals surface area contributed by atoms with Crippen LogP contribution < -0.4 is 0 Å². The normalized spacial score (nSPS) is 14.5. The lowest BCUT2D eigenvalue weighted by atomic mass is 9.69. The van der Waals surface area contributed by atoms with Gasteiger partial charge in [0.1, 0.15) is 0 Å². The predicted molar refractivity (Wildman–Crippen MR) is 356 cm³/mol. The van der Waals surface area contributed by atoms with E-state index in [-0.39, 0.29) is 16.2 Å². The number of rotatable bonds is 38. The fourth-order valence-electron chi connectivity index (χ4n) is 16.0. The molecule has 0 nitrogen and oxygen atoms in total. The summed E-state index contributed by atoms with van der Waals surface area (Å²) in [5, 5.41) is 0. The van der Waals surface area contributed by atoms with Crippen LogP contribution in [0, 0.1) is 0 Å². The molecule has 0 N–H and O–H groups in total. The topological polar surface area (TPSA) is 0 Å². The number of allylic oxidation sites excluding steroid dienone is 2. The first-order valence-electron chi connectivity index (χ1n) is 33.9. The monoisotopic (exact) mass is 1080 g/mol. The van der Waals surface area contributed by atoms with Crippen molar-refractivity contribution in [2.75, 3.05) is 0 Å². The van der Waals surface area contributed by atoms with E-state index in [4.69, 9.17) is 0 Å². The second kappa shape index (κ2) is 29.9. The molecule has 0 aliphatic heterocycles. The van der Waals surface area contributed by atoms with Crippen LogP contribution in [-0.2, 0) is 16.2 Å². The quantitative estimate of drug-likeness (QED) is 0.0268. The Morgan fingerprint density at radius 3 is 0.778 bits per heavy atom. The first-order valence-corrected chi connectivity index (χ1v) is 33.9. The largest absolute Gasteiger partial charge is 0.103 e. The third-order valence-corrected chi connectivity index (χ3v) is 20.4. The van der Waals surface area contributed by atoms with Crippen LogP contribution in [0.5, 0.6) is 0 Å². The molecule has 430 valence electrons. The summed E-state index contributed by atoms with van der Waals surface area (Å²) in [6.07, 6.45) is 47.9. The van der Waals surface area contributed by atoms with Crippen LogP contribution in [0.25, 0.3) is 55.6 Å². The average molecular weight is 1080 g/mol. The van der Waals surface area contributed by atoms with E-state index in [0.29, 0.717) is 0 Å². The summed E-state index contributed by atoms with van der Waals surface area (Å²) in [5.74, 6) is 0. The standard InChI is InChI=1S/C81H106/c1-7-13-19-23-27-37-55-79(56-38-28-24-20-14-8-2)73-43-33-31-41-67(73)69-49-45-63(59-75(69)79)65-47-51-71-72-52-48-66(62-78(72)81(77(71)61-65,53-35-17-11-5)54-36-18-12-6)64-46-50-70-68-42-32-34-44-74(68)80(76(70)60-64,57-39-29-25-21-15-9-3)58-40-30-26-22-16-10-4/h11-12,31-34,41-52,59-62H,5-10,13-30,35-40,53-58H2,1-4H3. The van der Waals surface area contributed by atoms with Gasteiger partial charge in [0.2, 0.25) is 0 Å².